The highest BCUT2D eigenvalue weighted by atomic mass is 16.3. The zero-order chi connectivity index (χ0) is 13.3. The number of phenolic OH excluding ortho intramolecular Hbond substituents is 1. The molecule has 1 unspecified atom stereocenters. The summed E-state index contributed by atoms with van der Waals surface area (Å²) in [4.78, 5) is 0. The topological polar surface area (TPSA) is 46.2 Å². The van der Waals surface area contributed by atoms with Gasteiger partial charge in [-0.2, -0.15) is 0 Å². The maximum Gasteiger partial charge on any atom is 0.115 e. The lowest BCUT2D eigenvalue weighted by molar-refractivity contribution is 0.183. The largest absolute Gasteiger partial charge is 0.508 e. The molecule has 1 aromatic rings. The van der Waals surface area contributed by atoms with Crippen LogP contribution >= 0.6 is 0 Å². The van der Waals surface area contributed by atoms with Gasteiger partial charge in [0.15, 0.2) is 0 Å². The minimum atomic E-state index is 0.0570. The molecule has 0 radical (unpaired) electrons. The molecule has 102 valence electrons. The molecule has 2 nitrogen and oxygen atoms in total. The van der Waals surface area contributed by atoms with E-state index in [1.807, 2.05) is 12.1 Å². The third-order valence-corrected chi connectivity index (χ3v) is 6.31. The summed E-state index contributed by atoms with van der Waals surface area (Å²) in [5.74, 6) is 1.24. The highest BCUT2D eigenvalue weighted by molar-refractivity contribution is 5.46. The van der Waals surface area contributed by atoms with E-state index < -0.39 is 0 Å². The van der Waals surface area contributed by atoms with E-state index in [0.29, 0.717) is 11.2 Å². The fourth-order valence-corrected chi connectivity index (χ4v) is 5.08. The first-order chi connectivity index (χ1) is 9.06. The smallest absolute Gasteiger partial charge is 0.115 e. The van der Waals surface area contributed by atoms with Gasteiger partial charge >= 0.3 is 0 Å². The van der Waals surface area contributed by atoms with Crippen molar-refractivity contribution < 1.29 is 5.11 Å². The van der Waals surface area contributed by atoms with Crippen molar-refractivity contribution in [3.05, 3.63) is 29.3 Å². The molecule has 4 rings (SSSR count). The second kappa shape index (κ2) is 3.54. The molecule has 3 N–H and O–H groups in total. The molecule has 4 atom stereocenters. The maximum absolute atomic E-state index is 9.85. The molecule has 0 aliphatic heterocycles. The van der Waals surface area contributed by atoms with Crippen LogP contribution in [0.3, 0.4) is 0 Å². The summed E-state index contributed by atoms with van der Waals surface area (Å²) in [6.45, 7) is 2.33. The van der Waals surface area contributed by atoms with Crippen molar-refractivity contribution in [3.8, 4) is 5.75 Å². The quantitative estimate of drug-likeness (QED) is 0.750. The summed E-state index contributed by atoms with van der Waals surface area (Å²) in [7, 11) is 0. The summed E-state index contributed by atoms with van der Waals surface area (Å²) >= 11 is 0. The van der Waals surface area contributed by atoms with E-state index >= 15 is 0 Å². The Labute approximate surface area is 115 Å². The van der Waals surface area contributed by atoms with Gasteiger partial charge in [-0.15, -0.1) is 0 Å². The molecule has 1 aromatic carbocycles. The highest BCUT2D eigenvalue weighted by Crippen LogP contribution is 2.66. The Morgan fingerprint density at radius 1 is 1.32 bits per heavy atom. The van der Waals surface area contributed by atoms with Crippen molar-refractivity contribution in [2.45, 2.75) is 56.9 Å². The molecular formula is C17H23NO. The summed E-state index contributed by atoms with van der Waals surface area (Å²) in [6.07, 6.45) is 7.61. The normalized spacial score (nSPS) is 43.7. The molecule has 3 aliphatic rings. The van der Waals surface area contributed by atoms with E-state index in [1.165, 1.54) is 43.2 Å². The van der Waals surface area contributed by atoms with Crippen molar-refractivity contribution in [1.82, 2.24) is 0 Å². The third-order valence-electron chi connectivity index (χ3n) is 6.31. The number of aromatic hydroxyl groups is 1. The monoisotopic (exact) mass is 257 g/mol. The van der Waals surface area contributed by atoms with Crippen LogP contribution < -0.4 is 5.73 Å². The Bertz CT molecular complexity index is 540. The zero-order valence-electron chi connectivity index (χ0n) is 11.7. The first-order valence-electron chi connectivity index (χ1n) is 7.64. The van der Waals surface area contributed by atoms with E-state index in [0.717, 1.165) is 12.3 Å². The predicted molar refractivity (Wildman–Crippen MR) is 76.1 cm³/mol. The summed E-state index contributed by atoms with van der Waals surface area (Å²) < 4.78 is 0. The summed E-state index contributed by atoms with van der Waals surface area (Å²) in [5, 5.41) is 9.85. The van der Waals surface area contributed by atoms with Gasteiger partial charge in [0.25, 0.3) is 0 Å². The number of phenols is 1. The molecule has 19 heavy (non-hydrogen) atoms. The van der Waals surface area contributed by atoms with Crippen LogP contribution in [0.25, 0.3) is 0 Å². The van der Waals surface area contributed by atoms with Crippen LogP contribution in [0.1, 0.15) is 50.2 Å². The van der Waals surface area contributed by atoms with Crippen molar-refractivity contribution in [3.63, 3.8) is 0 Å². The van der Waals surface area contributed by atoms with E-state index in [4.69, 9.17) is 5.73 Å². The van der Waals surface area contributed by atoms with Crippen molar-refractivity contribution in [2.24, 2.45) is 17.1 Å². The Hall–Kier alpha value is -1.02. The second-order valence-corrected chi connectivity index (χ2v) is 7.29. The van der Waals surface area contributed by atoms with E-state index in [2.05, 4.69) is 13.0 Å². The lowest BCUT2D eigenvalue weighted by Crippen LogP contribution is -2.54. The van der Waals surface area contributed by atoms with E-state index in [-0.39, 0.29) is 11.5 Å². The van der Waals surface area contributed by atoms with Crippen LogP contribution in [-0.4, -0.2) is 11.1 Å². The number of hydrogen-bond donors (Lipinski definition) is 2. The maximum atomic E-state index is 9.85. The lowest BCUT2D eigenvalue weighted by Gasteiger charge is -2.48. The van der Waals surface area contributed by atoms with Crippen molar-refractivity contribution in [1.29, 1.82) is 0 Å². The Kier molecular flexibility index (Phi) is 2.20. The fourth-order valence-electron chi connectivity index (χ4n) is 5.08. The SMILES string of the molecule is C[C@@]12CCCC[C@H]3CC3(Cc3ccc(O)cc31)[C@@H]2N. The van der Waals surface area contributed by atoms with Gasteiger partial charge in [-0.25, -0.2) is 0 Å². The number of rotatable bonds is 0. The molecule has 2 bridgehead atoms. The minimum Gasteiger partial charge on any atom is -0.508 e. The molecule has 0 amide bonds. The summed E-state index contributed by atoms with van der Waals surface area (Å²) in [6, 6.07) is 6.21. The Balaban J connectivity index is 1.91. The molecule has 3 aliphatic carbocycles. The van der Waals surface area contributed by atoms with Crippen molar-refractivity contribution >= 4 is 0 Å². The predicted octanol–water partition coefficient (Wildman–Crippen LogP) is 3.11. The summed E-state index contributed by atoms with van der Waals surface area (Å²) in [5.41, 5.74) is 9.93. The third kappa shape index (κ3) is 1.41. The number of hydrogen-bond acceptors (Lipinski definition) is 2. The molecular weight excluding hydrogens is 234 g/mol. The van der Waals surface area contributed by atoms with Gasteiger partial charge < -0.3 is 10.8 Å². The van der Waals surface area contributed by atoms with Crippen LogP contribution in [0.5, 0.6) is 5.75 Å². The molecule has 0 saturated heterocycles. The average molecular weight is 257 g/mol. The Morgan fingerprint density at radius 3 is 3.00 bits per heavy atom. The first-order valence-corrected chi connectivity index (χ1v) is 7.64. The molecule has 0 heterocycles. The van der Waals surface area contributed by atoms with Gasteiger partial charge in [-0.3, -0.25) is 0 Å². The van der Waals surface area contributed by atoms with Crippen molar-refractivity contribution in [2.75, 3.05) is 0 Å². The van der Waals surface area contributed by atoms with Gasteiger partial charge in [0.05, 0.1) is 0 Å². The van der Waals surface area contributed by atoms with Crippen LogP contribution in [0, 0.1) is 11.3 Å². The first kappa shape index (κ1) is 11.8. The average Bonchev–Trinajstić information content (AvgIpc) is 3.07. The van der Waals surface area contributed by atoms with Gasteiger partial charge in [0, 0.05) is 11.5 Å². The standard InChI is InChI=1S/C17H23NO/c1-16-7-3-2-4-12-10-17(12,15(16)18)9-11-5-6-13(19)8-14(11)16/h5-6,8,12,15,19H,2-4,7,9-10,18H2,1H3/t12-,15+,16+,17?/m0/s1. The molecule has 2 heteroatoms. The van der Waals surface area contributed by atoms with Crippen LogP contribution in [-0.2, 0) is 11.8 Å². The van der Waals surface area contributed by atoms with E-state index in [1.54, 1.807) is 0 Å². The fraction of sp³-hybridized carbons (Fsp3) is 0.647. The second-order valence-electron chi connectivity index (χ2n) is 7.29. The van der Waals surface area contributed by atoms with Crippen LogP contribution in [0.2, 0.25) is 0 Å². The molecule has 0 aromatic heterocycles. The zero-order valence-corrected chi connectivity index (χ0v) is 11.7. The molecule has 2 saturated carbocycles. The highest BCUT2D eigenvalue weighted by Gasteiger charge is 2.64. The van der Waals surface area contributed by atoms with Crippen LogP contribution in [0.4, 0.5) is 0 Å². The van der Waals surface area contributed by atoms with Gasteiger partial charge in [-0.1, -0.05) is 25.8 Å². The number of fused-ring (bicyclic) bond motifs is 3. The number of benzene rings is 1. The van der Waals surface area contributed by atoms with Gasteiger partial charge in [0.2, 0.25) is 0 Å². The Morgan fingerprint density at radius 2 is 2.16 bits per heavy atom. The molecule has 1 spiro atoms. The van der Waals surface area contributed by atoms with Gasteiger partial charge in [-0.05, 0) is 60.3 Å². The lowest BCUT2D eigenvalue weighted by atomic mass is 9.59. The van der Waals surface area contributed by atoms with Crippen LogP contribution in [0.15, 0.2) is 18.2 Å². The minimum absolute atomic E-state index is 0.0570. The van der Waals surface area contributed by atoms with Gasteiger partial charge in [0.1, 0.15) is 5.75 Å². The number of nitrogens with two attached hydrogens (primary N) is 1. The molecule has 2 fully saturated rings. The van der Waals surface area contributed by atoms with E-state index in [9.17, 15) is 5.11 Å².